The highest BCUT2D eigenvalue weighted by atomic mass is 19.3. The molecule has 172 valence electrons. The van der Waals surface area contributed by atoms with Crippen LogP contribution in [0, 0.1) is 11.3 Å². The third kappa shape index (κ3) is 4.77. The van der Waals surface area contributed by atoms with Gasteiger partial charge in [0.1, 0.15) is 18.4 Å². The molecule has 33 heavy (non-hydrogen) atoms. The van der Waals surface area contributed by atoms with E-state index in [9.17, 15) is 18.8 Å². The van der Waals surface area contributed by atoms with Gasteiger partial charge in [0.15, 0.2) is 0 Å². The quantitative estimate of drug-likeness (QED) is 0.443. The number of hydrogen-bond acceptors (Lipinski definition) is 4. The summed E-state index contributed by atoms with van der Waals surface area (Å²) in [6, 6.07) is 14.9. The fraction of sp³-hybridized carbons (Fsp3) is 0.360. The molecule has 0 aliphatic heterocycles. The van der Waals surface area contributed by atoms with Crippen LogP contribution in [-0.2, 0) is 4.74 Å². The molecule has 6 nitrogen and oxygen atoms in total. The van der Waals surface area contributed by atoms with Crippen molar-refractivity contribution in [2.24, 2.45) is 0 Å². The minimum atomic E-state index is -2.56. The number of fused-ring (bicyclic) bond motifs is 1. The van der Waals surface area contributed by atoms with E-state index < -0.39 is 19.1 Å². The summed E-state index contributed by atoms with van der Waals surface area (Å²) in [5, 5.41) is 13.4. The van der Waals surface area contributed by atoms with E-state index in [4.69, 9.17) is 9.47 Å². The van der Waals surface area contributed by atoms with E-state index >= 15 is 0 Å². The van der Waals surface area contributed by atoms with E-state index in [2.05, 4.69) is 16.0 Å². The first-order valence-electron chi connectivity index (χ1n) is 10.9. The highest BCUT2D eigenvalue weighted by molar-refractivity contribution is 5.96. The summed E-state index contributed by atoms with van der Waals surface area (Å²) in [6.07, 6.45) is -0.275. The number of hydrogen-bond donors (Lipinski definition) is 1. The zero-order valence-electron chi connectivity index (χ0n) is 18.5. The first-order valence-corrected chi connectivity index (χ1v) is 10.9. The molecule has 8 heteroatoms. The number of anilines is 1. The SMILES string of the molecule is CC(C)OC(=O)Nc1ccc(-c2c(C#N)c3ccc(OCC(F)F)cc3n2C2CCC2)cc1. The summed E-state index contributed by atoms with van der Waals surface area (Å²) in [6.45, 7) is 2.87. The van der Waals surface area contributed by atoms with Crippen molar-refractivity contribution in [3.05, 3.63) is 48.0 Å². The maximum Gasteiger partial charge on any atom is 0.411 e. The number of aromatic nitrogens is 1. The van der Waals surface area contributed by atoms with Gasteiger partial charge in [0.25, 0.3) is 6.43 Å². The number of nitrogens with zero attached hydrogens (tertiary/aromatic N) is 2. The lowest BCUT2D eigenvalue weighted by Gasteiger charge is -2.30. The second-order valence-electron chi connectivity index (χ2n) is 8.33. The first kappa shape index (κ1) is 22.6. The molecule has 1 fully saturated rings. The number of halogens is 2. The van der Waals surface area contributed by atoms with Crippen LogP contribution in [0.4, 0.5) is 19.3 Å². The third-order valence-electron chi connectivity index (χ3n) is 5.65. The number of carbonyl (C=O) groups is 1. The van der Waals surface area contributed by atoms with Crippen LogP contribution in [0.15, 0.2) is 42.5 Å². The molecule has 1 aliphatic carbocycles. The van der Waals surface area contributed by atoms with Crippen LogP contribution in [0.5, 0.6) is 5.75 Å². The number of ether oxygens (including phenoxy) is 2. The molecule has 1 N–H and O–H groups in total. The number of rotatable bonds is 7. The minimum absolute atomic E-state index is 0.216. The standard InChI is InChI=1S/C25H25F2N3O3/c1-15(2)33-25(31)29-17-8-6-16(7-9-17)24-21(13-28)20-11-10-19(32-14-23(26)27)12-22(20)30(24)18-4-3-5-18/h6-12,15,18,23H,3-5,14H2,1-2H3,(H,29,31). The fourth-order valence-electron chi connectivity index (χ4n) is 4.03. The molecule has 1 heterocycles. The molecule has 1 amide bonds. The van der Waals surface area contributed by atoms with Gasteiger partial charge in [-0.15, -0.1) is 0 Å². The molecule has 0 bridgehead atoms. The van der Waals surface area contributed by atoms with Crippen LogP contribution in [0.3, 0.4) is 0 Å². The van der Waals surface area contributed by atoms with Crippen LogP contribution in [0.1, 0.15) is 44.7 Å². The lowest BCUT2D eigenvalue weighted by atomic mass is 9.92. The number of amides is 1. The molecule has 1 aromatic heterocycles. The summed E-state index contributed by atoms with van der Waals surface area (Å²) in [5.74, 6) is 0.347. The van der Waals surface area contributed by atoms with Gasteiger partial charge in [-0.1, -0.05) is 12.1 Å². The molecule has 1 aliphatic rings. The van der Waals surface area contributed by atoms with Crippen molar-refractivity contribution in [3.63, 3.8) is 0 Å². The summed E-state index contributed by atoms with van der Waals surface area (Å²) in [4.78, 5) is 11.9. The Morgan fingerprint density at radius 3 is 2.52 bits per heavy atom. The molecule has 0 atom stereocenters. The zero-order chi connectivity index (χ0) is 23.5. The molecule has 0 spiro atoms. The highest BCUT2D eigenvalue weighted by Gasteiger charge is 2.28. The van der Waals surface area contributed by atoms with Crippen LogP contribution >= 0.6 is 0 Å². The fourth-order valence-corrected chi connectivity index (χ4v) is 4.03. The molecule has 4 rings (SSSR count). The number of nitrogens with one attached hydrogen (secondary N) is 1. The van der Waals surface area contributed by atoms with E-state index in [-0.39, 0.29) is 12.1 Å². The predicted octanol–water partition coefficient (Wildman–Crippen LogP) is 6.51. The maximum atomic E-state index is 12.6. The number of benzene rings is 2. The van der Waals surface area contributed by atoms with Gasteiger partial charge in [0, 0.05) is 23.2 Å². The van der Waals surface area contributed by atoms with Crippen molar-refractivity contribution >= 4 is 22.7 Å². The third-order valence-corrected chi connectivity index (χ3v) is 5.65. The molecule has 0 unspecified atom stereocenters. The number of alkyl halides is 2. The van der Waals surface area contributed by atoms with Crippen molar-refractivity contribution < 1.29 is 23.0 Å². The van der Waals surface area contributed by atoms with Gasteiger partial charge < -0.3 is 14.0 Å². The van der Waals surface area contributed by atoms with E-state index in [0.29, 0.717) is 17.0 Å². The topological polar surface area (TPSA) is 76.3 Å². The van der Waals surface area contributed by atoms with Gasteiger partial charge in [-0.3, -0.25) is 5.32 Å². The van der Waals surface area contributed by atoms with Crippen molar-refractivity contribution in [2.45, 2.75) is 51.7 Å². The van der Waals surface area contributed by atoms with Crippen molar-refractivity contribution in [1.29, 1.82) is 5.26 Å². The Morgan fingerprint density at radius 2 is 1.94 bits per heavy atom. The second-order valence-corrected chi connectivity index (χ2v) is 8.33. The van der Waals surface area contributed by atoms with Crippen LogP contribution < -0.4 is 10.1 Å². The molecule has 0 radical (unpaired) electrons. The minimum Gasteiger partial charge on any atom is -0.488 e. The lowest BCUT2D eigenvalue weighted by Crippen LogP contribution is -2.18. The molecule has 2 aromatic carbocycles. The van der Waals surface area contributed by atoms with Crippen molar-refractivity contribution in [3.8, 4) is 23.1 Å². The Hall–Kier alpha value is -3.60. The summed E-state index contributed by atoms with van der Waals surface area (Å²) < 4.78 is 37.7. The number of nitriles is 1. The normalized spacial score (nSPS) is 13.7. The van der Waals surface area contributed by atoms with Gasteiger partial charge in [0.2, 0.25) is 0 Å². The zero-order valence-corrected chi connectivity index (χ0v) is 18.5. The monoisotopic (exact) mass is 453 g/mol. The average molecular weight is 453 g/mol. The van der Waals surface area contributed by atoms with E-state index in [1.54, 1.807) is 44.2 Å². The Bertz CT molecular complexity index is 1190. The van der Waals surface area contributed by atoms with Gasteiger partial charge in [-0.2, -0.15) is 5.26 Å². The lowest BCUT2D eigenvalue weighted by molar-refractivity contribution is 0.0819. The molecular weight excluding hydrogens is 428 g/mol. The van der Waals surface area contributed by atoms with Crippen LogP contribution in [0.25, 0.3) is 22.2 Å². The Balaban J connectivity index is 1.74. The van der Waals surface area contributed by atoms with Gasteiger partial charge >= 0.3 is 6.09 Å². The Kier molecular flexibility index (Phi) is 6.50. The second kappa shape index (κ2) is 9.49. The van der Waals surface area contributed by atoms with E-state index in [1.165, 1.54) is 0 Å². The smallest absolute Gasteiger partial charge is 0.411 e. The summed E-state index contributed by atoms with van der Waals surface area (Å²) >= 11 is 0. The number of carbonyl (C=O) groups excluding carboxylic acids is 1. The van der Waals surface area contributed by atoms with E-state index in [1.807, 2.05) is 12.1 Å². The molecular formula is C25H25F2N3O3. The molecule has 1 saturated carbocycles. The highest BCUT2D eigenvalue weighted by Crippen LogP contribution is 2.43. The van der Waals surface area contributed by atoms with Gasteiger partial charge in [-0.25, -0.2) is 13.6 Å². The van der Waals surface area contributed by atoms with E-state index in [0.717, 1.165) is 41.4 Å². The van der Waals surface area contributed by atoms with Gasteiger partial charge in [-0.05, 0) is 62.9 Å². The maximum absolute atomic E-state index is 12.6. The molecule has 0 saturated heterocycles. The average Bonchev–Trinajstić information content (AvgIpc) is 3.04. The Labute approximate surface area is 190 Å². The van der Waals surface area contributed by atoms with Crippen LogP contribution in [-0.4, -0.2) is 29.8 Å². The first-order chi connectivity index (χ1) is 15.9. The largest absolute Gasteiger partial charge is 0.488 e. The summed E-state index contributed by atoms with van der Waals surface area (Å²) in [7, 11) is 0. The Morgan fingerprint density at radius 1 is 1.21 bits per heavy atom. The molecule has 3 aromatic rings. The predicted molar refractivity (Wildman–Crippen MR) is 122 cm³/mol. The van der Waals surface area contributed by atoms with Crippen LogP contribution in [0.2, 0.25) is 0 Å². The van der Waals surface area contributed by atoms with Gasteiger partial charge in [0.05, 0.1) is 22.9 Å². The van der Waals surface area contributed by atoms with Crippen molar-refractivity contribution in [2.75, 3.05) is 11.9 Å². The summed E-state index contributed by atoms with van der Waals surface area (Å²) in [5.41, 5.74) is 3.50. The van der Waals surface area contributed by atoms with Crippen molar-refractivity contribution in [1.82, 2.24) is 4.57 Å².